The normalized spacial score (nSPS) is 12.7. The van der Waals surface area contributed by atoms with Crippen LogP contribution in [-0.4, -0.2) is 32.0 Å². The molecule has 0 spiro atoms. The summed E-state index contributed by atoms with van der Waals surface area (Å²) in [5.41, 5.74) is 1.86. The molecule has 0 saturated heterocycles. The number of carbonyl (C=O) groups is 2. The average molecular weight is 505 g/mol. The fourth-order valence-corrected chi connectivity index (χ4v) is 4.88. The molecule has 0 aliphatic rings. The van der Waals surface area contributed by atoms with E-state index < -0.39 is 15.9 Å². The largest absolute Gasteiger partial charge is 0.340 e. The van der Waals surface area contributed by atoms with Gasteiger partial charge in [-0.2, -0.15) is 0 Å². The second kappa shape index (κ2) is 12.8. The van der Waals surface area contributed by atoms with Crippen molar-refractivity contribution in [2.45, 2.75) is 37.6 Å². The standard InChI is InChI=1S/C29H32N2O4S/c1-22(2)20-27(31-28(32)24-14-8-4-9-15-24)29(33)30-25(21-23-12-6-3-7-13-23)18-19-36(34,35)26-16-10-5-11-17-26/h3-18,22,27H,19-21H2,1-2H3,(H,30,33)(H,31,32)/b25-18+/t27-/m0/s1. The number of amides is 2. The number of benzene rings is 3. The van der Waals surface area contributed by atoms with Crippen molar-refractivity contribution in [1.82, 2.24) is 10.6 Å². The van der Waals surface area contributed by atoms with Crippen LogP contribution >= 0.6 is 0 Å². The van der Waals surface area contributed by atoms with Crippen molar-refractivity contribution in [3.63, 3.8) is 0 Å². The average Bonchev–Trinajstić information content (AvgIpc) is 2.88. The van der Waals surface area contributed by atoms with Crippen molar-refractivity contribution in [3.05, 3.63) is 114 Å². The predicted octanol–water partition coefficient (Wildman–Crippen LogP) is 4.55. The minimum Gasteiger partial charge on any atom is -0.340 e. The lowest BCUT2D eigenvalue weighted by atomic mass is 10.0. The zero-order chi connectivity index (χ0) is 26.0. The molecule has 2 N–H and O–H groups in total. The molecular weight excluding hydrogens is 472 g/mol. The zero-order valence-corrected chi connectivity index (χ0v) is 21.4. The number of carbonyl (C=O) groups excluding carboxylic acids is 2. The van der Waals surface area contributed by atoms with Gasteiger partial charge in [-0.3, -0.25) is 9.59 Å². The predicted molar refractivity (Wildman–Crippen MR) is 142 cm³/mol. The maximum absolute atomic E-state index is 13.3. The van der Waals surface area contributed by atoms with Crippen LogP contribution in [0.25, 0.3) is 0 Å². The van der Waals surface area contributed by atoms with E-state index in [0.717, 1.165) is 5.56 Å². The topological polar surface area (TPSA) is 92.3 Å². The maximum Gasteiger partial charge on any atom is 0.251 e. The smallest absolute Gasteiger partial charge is 0.251 e. The van der Waals surface area contributed by atoms with Crippen LogP contribution in [0.2, 0.25) is 0 Å². The fourth-order valence-electron chi connectivity index (χ4n) is 3.70. The van der Waals surface area contributed by atoms with Crippen LogP contribution in [-0.2, 0) is 21.1 Å². The first-order valence-electron chi connectivity index (χ1n) is 11.9. The first-order chi connectivity index (χ1) is 17.2. The molecule has 0 saturated carbocycles. The Morgan fingerprint density at radius 3 is 1.97 bits per heavy atom. The van der Waals surface area contributed by atoms with Gasteiger partial charge in [-0.1, -0.05) is 80.6 Å². The van der Waals surface area contributed by atoms with Crippen molar-refractivity contribution in [2.75, 3.05) is 5.75 Å². The molecule has 188 valence electrons. The Kier molecular flexibility index (Phi) is 9.59. The Balaban J connectivity index is 1.82. The Hall–Kier alpha value is -3.71. The van der Waals surface area contributed by atoms with Gasteiger partial charge in [0.15, 0.2) is 9.84 Å². The van der Waals surface area contributed by atoms with Gasteiger partial charge >= 0.3 is 0 Å². The van der Waals surface area contributed by atoms with E-state index in [-0.39, 0.29) is 28.4 Å². The lowest BCUT2D eigenvalue weighted by Gasteiger charge is -2.21. The maximum atomic E-state index is 13.3. The minimum atomic E-state index is -3.58. The van der Waals surface area contributed by atoms with Crippen LogP contribution in [0.1, 0.15) is 36.2 Å². The summed E-state index contributed by atoms with van der Waals surface area (Å²) in [6, 6.07) is 25.7. The van der Waals surface area contributed by atoms with Gasteiger partial charge in [0.2, 0.25) is 5.91 Å². The summed E-state index contributed by atoms with van der Waals surface area (Å²) in [5.74, 6) is -0.828. The molecule has 0 unspecified atom stereocenters. The van der Waals surface area contributed by atoms with Crippen molar-refractivity contribution in [1.29, 1.82) is 0 Å². The van der Waals surface area contributed by atoms with E-state index in [4.69, 9.17) is 0 Å². The van der Waals surface area contributed by atoms with Gasteiger partial charge in [-0.25, -0.2) is 8.42 Å². The zero-order valence-electron chi connectivity index (χ0n) is 20.6. The minimum absolute atomic E-state index is 0.150. The number of allylic oxidation sites excluding steroid dienone is 1. The molecule has 3 rings (SSSR count). The van der Waals surface area contributed by atoms with E-state index >= 15 is 0 Å². The number of sulfone groups is 1. The lowest BCUT2D eigenvalue weighted by molar-refractivity contribution is -0.122. The van der Waals surface area contributed by atoms with E-state index in [1.165, 1.54) is 0 Å². The monoisotopic (exact) mass is 504 g/mol. The molecule has 0 aliphatic carbocycles. The quantitative estimate of drug-likeness (QED) is 0.401. The highest BCUT2D eigenvalue weighted by molar-refractivity contribution is 7.91. The van der Waals surface area contributed by atoms with Crippen LogP contribution in [0.15, 0.2) is 108 Å². The summed E-state index contributed by atoms with van der Waals surface area (Å²) in [5, 5.41) is 5.73. The summed E-state index contributed by atoms with van der Waals surface area (Å²) in [7, 11) is -3.58. The second-order valence-electron chi connectivity index (χ2n) is 9.00. The van der Waals surface area contributed by atoms with Crippen molar-refractivity contribution in [2.24, 2.45) is 5.92 Å². The van der Waals surface area contributed by atoms with Gasteiger partial charge < -0.3 is 10.6 Å². The molecule has 6 nitrogen and oxygen atoms in total. The van der Waals surface area contributed by atoms with E-state index in [1.807, 2.05) is 50.2 Å². The third-order valence-corrected chi connectivity index (χ3v) is 7.13. The summed E-state index contributed by atoms with van der Waals surface area (Å²) in [6.07, 6.45) is 2.32. The number of rotatable bonds is 11. The Morgan fingerprint density at radius 1 is 0.833 bits per heavy atom. The van der Waals surface area contributed by atoms with Crippen LogP contribution in [0.4, 0.5) is 0 Å². The number of nitrogens with one attached hydrogen (secondary N) is 2. The molecule has 0 radical (unpaired) electrons. The van der Waals surface area contributed by atoms with Crippen molar-refractivity contribution in [3.8, 4) is 0 Å². The molecule has 1 atom stereocenters. The molecular formula is C29H32N2O4S. The first-order valence-corrected chi connectivity index (χ1v) is 13.6. The molecule has 7 heteroatoms. The molecule has 36 heavy (non-hydrogen) atoms. The van der Waals surface area contributed by atoms with Gasteiger partial charge in [-0.05, 0) is 48.2 Å². The third-order valence-electron chi connectivity index (χ3n) is 5.54. The van der Waals surface area contributed by atoms with E-state index in [2.05, 4.69) is 10.6 Å². The Bertz CT molecular complexity index is 1270. The molecule has 0 aliphatic heterocycles. The highest BCUT2D eigenvalue weighted by Gasteiger charge is 2.24. The number of hydrogen-bond acceptors (Lipinski definition) is 4. The van der Waals surface area contributed by atoms with Crippen LogP contribution in [0.5, 0.6) is 0 Å². The Labute approximate surface area is 213 Å². The molecule has 3 aromatic rings. The van der Waals surface area contributed by atoms with Crippen LogP contribution in [0.3, 0.4) is 0 Å². The molecule has 0 heterocycles. The second-order valence-corrected chi connectivity index (χ2v) is 11.0. The van der Waals surface area contributed by atoms with Gasteiger partial charge in [0.1, 0.15) is 6.04 Å². The Morgan fingerprint density at radius 2 is 1.39 bits per heavy atom. The lowest BCUT2D eigenvalue weighted by Crippen LogP contribution is -2.47. The molecule has 0 fully saturated rings. The summed E-state index contributed by atoms with van der Waals surface area (Å²) >= 11 is 0. The summed E-state index contributed by atoms with van der Waals surface area (Å²) in [4.78, 5) is 26.3. The fraction of sp³-hybridized carbons (Fsp3) is 0.241. The van der Waals surface area contributed by atoms with Gasteiger partial charge in [0.05, 0.1) is 10.6 Å². The van der Waals surface area contributed by atoms with Gasteiger partial charge in [0, 0.05) is 17.7 Å². The number of hydrogen-bond donors (Lipinski definition) is 2. The highest BCUT2D eigenvalue weighted by atomic mass is 32.2. The van der Waals surface area contributed by atoms with Crippen molar-refractivity contribution < 1.29 is 18.0 Å². The van der Waals surface area contributed by atoms with Gasteiger partial charge in [-0.15, -0.1) is 0 Å². The van der Waals surface area contributed by atoms with Crippen molar-refractivity contribution >= 4 is 21.7 Å². The third kappa shape index (κ3) is 8.20. The van der Waals surface area contributed by atoms with Crippen LogP contribution in [0, 0.1) is 5.92 Å². The van der Waals surface area contributed by atoms with E-state index in [0.29, 0.717) is 24.1 Å². The summed E-state index contributed by atoms with van der Waals surface area (Å²) in [6.45, 7) is 3.95. The van der Waals surface area contributed by atoms with Gasteiger partial charge in [0.25, 0.3) is 5.91 Å². The van der Waals surface area contributed by atoms with E-state index in [9.17, 15) is 18.0 Å². The highest BCUT2D eigenvalue weighted by Crippen LogP contribution is 2.14. The molecule has 0 aromatic heterocycles. The van der Waals surface area contributed by atoms with E-state index in [1.54, 1.807) is 60.7 Å². The molecule has 2 amide bonds. The SMILES string of the molecule is CC(C)C[C@H](NC(=O)c1ccccc1)C(=O)N/C(=C/CS(=O)(=O)c1ccccc1)Cc1ccccc1. The first kappa shape index (κ1) is 26.9. The summed E-state index contributed by atoms with van der Waals surface area (Å²) < 4.78 is 25.7. The molecule has 3 aromatic carbocycles. The molecule has 0 bridgehead atoms. The van der Waals surface area contributed by atoms with Crippen LogP contribution < -0.4 is 10.6 Å².